The van der Waals surface area contributed by atoms with E-state index in [1.807, 2.05) is 66.2 Å². The summed E-state index contributed by atoms with van der Waals surface area (Å²) in [6.07, 6.45) is 1.75. The molecular formula is C20H18N6O2. The van der Waals surface area contributed by atoms with E-state index in [2.05, 4.69) is 20.3 Å². The van der Waals surface area contributed by atoms with Gasteiger partial charge < -0.3 is 20.4 Å². The van der Waals surface area contributed by atoms with Gasteiger partial charge in [0.15, 0.2) is 12.4 Å². The Labute approximate surface area is 161 Å². The van der Waals surface area contributed by atoms with E-state index < -0.39 is 5.97 Å². The number of carbonyl (C=O) groups excluding carboxylic acids is 1. The van der Waals surface area contributed by atoms with Crippen LogP contribution in [0.2, 0.25) is 0 Å². The number of benzene rings is 2. The zero-order valence-corrected chi connectivity index (χ0v) is 15.2. The molecule has 0 aliphatic heterocycles. The molecule has 0 spiro atoms. The van der Waals surface area contributed by atoms with Gasteiger partial charge in [-0.15, -0.1) is 0 Å². The lowest BCUT2D eigenvalue weighted by Crippen LogP contribution is -2.11. The van der Waals surface area contributed by atoms with Gasteiger partial charge in [0.1, 0.15) is 0 Å². The second kappa shape index (κ2) is 7.36. The first-order valence-corrected chi connectivity index (χ1v) is 8.64. The minimum atomic E-state index is -0.451. The monoisotopic (exact) mass is 374 g/mol. The van der Waals surface area contributed by atoms with E-state index in [0.29, 0.717) is 5.56 Å². The summed E-state index contributed by atoms with van der Waals surface area (Å²) in [5.41, 5.74) is 8.01. The summed E-state index contributed by atoms with van der Waals surface area (Å²) in [5.74, 6) is 0.146. The number of nitrogen functional groups attached to an aromatic ring is 1. The molecule has 0 saturated carbocycles. The number of nitrogens with two attached hydrogens (primary N) is 1. The van der Waals surface area contributed by atoms with Crippen molar-refractivity contribution >= 4 is 34.5 Å². The Morgan fingerprint density at radius 1 is 1.07 bits per heavy atom. The predicted octanol–water partition coefficient (Wildman–Crippen LogP) is 3.05. The van der Waals surface area contributed by atoms with Crippen molar-refractivity contribution in [2.24, 2.45) is 7.05 Å². The van der Waals surface area contributed by atoms with Crippen LogP contribution in [-0.4, -0.2) is 25.5 Å². The lowest BCUT2D eigenvalue weighted by atomic mass is 10.2. The van der Waals surface area contributed by atoms with Crippen molar-refractivity contribution in [3.8, 4) is 0 Å². The lowest BCUT2D eigenvalue weighted by molar-refractivity contribution is 0.0464. The summed E-state index contributed by atoms with van der Waals surface area (Å²) in [7, 11) is 1.88. The molecule has 0 unspecified atom stereocenters. The molecule has 8 heteroatoms. The van der Waals surface area contributed by atoms with Crippen LogP contribution in [0.15, 0.2) is 60.8 Å². The maximum Gasteiger partial charge on any atom is 0.340 e. The van der Waals surface area contributed by atoms with Crippen LogP contribution >= 0.6 is 0 Å². The van der Waals surface area contributed by atoms with Gasteiger partial charge in [0, 0.05) is 29.8 Å². The number of anilines is 3. The normalized spacial score (nSPS) is 10.8. The summed E-state index contributed by atoms with van der Waals surface area (Å²) in [4.78, 5) is 24.9. The Kier molecular flexibility index (Phi) is 4.59. The van der Waals surface area contributed by atoms with Crippen LogP contribution in [-0.2, 0) is 18.4 Å². The quantitative estimate of drug-likeness (QED) is 0.517. The molecule has 8 nitrogen and oxygen atoms in total. The van der Waals surface area contributed by atoms with Crippen molar-refractivity contribution < 1.29 is 9.53 Å². The van der Waals surface area contributed by atoms with Crippen molar-refractivity contribution in [1.29, 1.82) is 0 Å². The highest BCUT2D eigenvalue weighted by Crippen LogP contribution is 2.21. The molecule has 0 fully saturated rings. The summed E-state index contributed by atoms with van der Waals surface area (Å²) in [5, 5.41) is 3.88. The second-order valence-electron chi connectivity index (χ2n) is 6.17. The molecule has 0 atom stereocenters. The van der Waals surface area contributed by atoms with Gasteiger partial charge >= 0.3 is 5.97 Å². The molecule has 4 aromatic rings. The van der Waals surface area contributed by atoms with Crippen molar-refractivity contribution in [3.63, 3.8) is 0 Å². The van der Waals surface area contributed by atoms with Crippen LogP contribution in [0.3, 0.4) is 0 Å². The van der Waals surface area contributed by atoms with E-state index in [0.717, 1.165) is 16.6 Å². The number of aryl methyl sites for hydroxylation is 1. The number of esters is 1. The predicted molar refractivity (Wildman–Crippen MR) is 106 cm³/mol. The second-order valence-corrected chi connectivity index (χ2v) is 6.17. The standard InChI is InChI=1S/C20H18N6O2/c1-26-11-15(14-9-5-6-10-16(14)26)18(27)28-12-17-23-19(21)25-20(24-17)22-13-7-3-2-4-8-13/h2-11H,12H2,1H3,(H3,21,22,23,24,25). The van der Waals surface area contributed by atoms with E-state index in [4.69, 9.17) is 10.5 Å². The van der Waals surface area contributed by atoms with Gasteiger partial charge in [0.2, 0.25) is 11.9 Å². The van der Waals surface area contributed by atoms with Crippen LogP contribution < -0.4 is 11.1 Å². The Morgan fingerprint density at radius 3 is 2.64 bits per heavy atom. The van der Waals surface area contributed by atoms with Crippen LogP contribution in [0.4, 0.5) is 17.6 Å². The maximum absolute atomic E-state index is 12.6. The fourth-order valence-corrected chi connectivity index (χ4v) is 2.92. The molecule has 2 heterocycles. The number of hydrogen-bond acceptors (Lipinski definition) is 7. The molecule has 140 valence electrons. The Bertz CT molecular complexity index is 1140. The molecule has 4 rings (SSSR count). The van der Waals surface area contributed by atoms with Gasteiger partial charge in [-0.3, -0.25) is 0 Å². The molecular weight excluding hydrogens is 356 g/mol. The van der Waals surface area contributed by atoms with Gasteiger partial charge in [-0.2, -0.15) is 15.0 Å². The summed E-state index contributed by atoms with van der Waals surface area (Å²) in [6.45, 7) is -0.113. The third kappa shape index (κ3) is 3.61. The fraction of sp³-hybridized carbons (Fsp3) is 0.100. The lowest BCUT2D eigenvalue weighted by Gasteiger charge is -2.08. The zero-order chi connectivity index (χ0) is 19.5. The van der Waals surface area contributed by atoms with Gasteiger partial charge in [0.05, 0.1) is 5.56 Å². The smallest absolute Gasteiger partial charge is 0.340 e. The van der Waals surface area contributed by atoms with Crippen molar-refractivity contribution in [2.75, 3.05) is 11.1 Å². The number of carbonyl (C=O) groups is 1. The molecule has 0 aliphatic carbocycles. The van der Waals surface area contributed by atoms with Gasteiger partial charge in [-0.25, -0.2) is 4.79 Å². The highest BCUT2D eigenvalue weighted by atomic mass is 16.5. The number of rotatable bonds is 5. The Morgan fingerprint density at radius 2 is 1.82 bits per heavy atom. The third-order valence-electron chi connectivity index (χ3n) is 4.18. The van der Waals surface area contributed by atoms with Crippen LogP contribution in [0.5, 0.6) is 0 Å². The molecule has 0 bridgehead atoms. The number of aromatic nitrogens is 4. The van der Waals surface area contributed by atoms with Crippen LogP contribution in [0, 0.1) is 0 Å². The summed E-state index contributed by atoms with van der Waals surface area (Å²) < 4.78 is 7.29. The maximum atomic E-state index is 12.6. The van der Waals surface area contributed by atoms with Crippen LogP contribution in [0.25, 0.3) is 10.9 Å². The van der Waals surface area contributed by atoms with E-state index in [1.54, 1.807) is 6.20 Å². The zero-order valence-electron chi connectivity index (χ0n) is 15.2. The van der Waals surface area contributed by atoms with E-state index in [1.165, 1.54) is 0 Å². The van der Waals surface area contributed by atoms with Crippen molar-refractivity contribution in [2.45, 2.75) is 6.61 Å². The summed E-state index contributed by atoms with van der Waals surface area (Å²) in [6, 6.07) is 17.1. The number of nitrogens with one attached hydrogen (secondary N) is 1. The van der Waals surface area contributed by atoms with Crippen molar-refractivity contribution in [1.82, 2.24) is 19.5 Å². The molecule has 3 N–H and O–H groups in total. The van der Waals surface area contributed by atoms with Gasteiger partial charge in [0.25, 0.3) is 0 Å². The number of nitrogens with zero attached hydrogens (tertiary/aromatic N) is 4. The Balaban J connectivity index is 1.50. The average Bonchev–Trinajstić information content (AvgIpc) is 3.04. The third-order valence-corrected chi connectivity index (χ3v) is 4.18. The molecule has 2 aromatic carbocycles. The number of fused-ring (bicyclic) bond motifs is 1. The molecule has 2 aromatic heterocycles. The van der Waals surface area contributed by atoms with Crippen molar-refractivity contribution in [3.05, 3.63) is 72.2 Å². The SMILES string of the molecule is Cn1cc(C(=O)OCc2nc(N)nc(Nc3ccccc3)n2)c2ccccc21. The molecule has 0 saturated heterocycles. The first-order valence-electron chi connectivity index (χ1n) is 8.64. The van der Waals surface area contributed by atoms with E-state index in [9.17, 15) is 4.79 Å². The van der Waals surface area contributed by atoms with E-state index in [-0.39, 0.29) is 24.3 Å². The first kappa shape index (κ1) is 17.5. The molecule has 0 radical (unpaired) electrons. The minimum Gasteiger partial charge on any atom is -0.454 e. The number of para-hydroxylation sites is 2. The Hall–Kier alpha value is -3.94. The van der Waals surface area contributed by atoms with Gasteiger partial charge in [-0.1, -0.05) is 36.4 Å². The average molecular weight is 374 g/mol. The molecule has 0 aliphatic rings. The van der Waals surface area contributed by atoms with Gasteiger partial charge in [-0.05, 0) is 18.2 Å². The number of hydrogen-bond donors (Lipinski definition) is 2. The molecule has 28 heavy (non-hydrogen) atoms. The summed E-state index contributed by atoms with van der Waals surface area (Å²) >= 11 is 0. The van der Waals surface area contributed by atoms with Crippen LogP contribution in [0.1, 0.15) is 16.2 Å². The molecule has 0 amide bonds. The minimum absolute atomic E-state index is 0.0460. The largest absolute Gasteiger partial charge is 0.454 e. The first-order chi connectivity index (χ1) is 13.6. The topological polar surface area (TPSA) is 108 Å². The fourth-order valence-electron chi connectivity index (χ4n) is 2.92. The number of ether oxygens (including phenoxy) is 1. The highest BCUT2D eigenvalue weighted by Gasteiger charge is 2.16. The van der Waals surface area contributed by atoms with E-state index >= 15 is 0 Å². The highest BCUT2D eigenvalue weighted by molar-refractivity contribution is 6.04.